The lowest BCUT2D eigenvalue weighted by Gasteiger charge is -2.37. The molecule has 0 spiro atoms. The average molecular weight is 237 g/mol. The molecule has 1 fully saturated rings. The molecule has 0 aromatic carbocycles. The highest BCUT2D eigenvalue weighted by molar-refractivity contribution is 5.73. The van der Waals surface area contributed by atoms with Crippen molar-refractivity contribution in [2.45, 2.75) is 44.7 Å². The molecule has 2 atom stereocenters. The second kappa shape index (κ2) is 5.36. The van der Waals surface area contributed by atoms with Crippen LogP contribution in [0.5, 0.6) is 0 Å². The molecule has 2 heterocycles. The average Bonchev–Trinajstić information content (AvgIpc) is 2.81. The molecule has 0 bridgehead atoms. The van der Waals surface area contributed by atoms with Crippen LogP contribution in [0.1, 0.15) is 31.9 Å². The van der Waals surface area contributed by atoms with Gasteiger partial charge in [0.15, 0.2) is 0 Å². The van der Waals surface area contributed by atoms with E-state index in [2.05, 4.69) is 11.8 Å². The minimum atomic E-state index is -0.698. The first-order valence-electron chi connectivity index (χ1n) is 6.19. The van der Waals surface area contributed by atoms with Gasteiger partial charge in [-0.2, -0.15) is 0 Å². The number of carboxylic acid groups (broad SMARTS) is 1. The highest BCUT2D eigenvalue weighted by Gasteiger charge is 2.31. The summed E-state index contributed by atoms with van der Waals surface area (Å²) in [6.45, 7) is 2.95. The number of likely N-dealkylation sites (tertiary alicyclic amines) is 1. The van der Waals surface area contributed by atoms with Gasteiger partial charge in [0.2, 0.25) is 0 Å². The summed E-state index contributed by atoms with van der Waals surface area (Å²) in [5.74, 6) is 0.225. The van der Waals surface area contributed by atoms with Gasteiger partial charge in [0.05, 0.1) is 6.26 Å². The molecule has 2 unspecified atom stereocenters. The van der Waals surface area contributed by atoms with Crippen LogP contribution in [0.4, 0.5) is 0 Å². The van der Waals surface area contributed by atoms with Crippen LogP contribution in [0.15, 0.2) is 22.8 Å². The lowest BCUT2D eigenvalue weighted by Crippen LogP contribution is -2.49. The molecule has 94 valence electrons. The molecule has 1 aliphatic heterocycles. The summed E-state index contributed by atoms with van der Waals surface area (Å²) in [5, 5.41) is 9.22. The Kier molecular flexibility index (Phi) is 3.84. The van der Waals surface area contributed by atoms with Crippen LogP contribution in [-0.4, -0.2) is 34.6 Å². The molecule has 4 heteroatoms. The minimum Gasteiger partial charge on any atom is -0.480 e. The monoisotopic (exact) mass is 237 g/mol. The van der Waals surface area contributed by atoms with E-state index in [1.54, 1.807) is 6.26 Å². The highest BCUT2D eigenvalue weighted by Crippen LogP contribution is 2.21. The van der Waals surface area contributed by atoms with Gasteiger partial charge in [0.25, 0.3) is 0 Å². The number of hydrogen-bond acceptors (Lipinski definition) is 3. The van der Waals surface area contributed by atoms with E-state index in [4.69, 9.17) is 4.42 Å². The Morgan fingerprint density at radius 2 is 2.47 bits per heavy atom. The van der Waals surface area contributed by atoms with Gasteiger partial charge in [-0.15, -0.1) is 0 Å². The van der Waals surface area contributed by atoms with E-state index in [0.29, 0.717) is 0 Å². The smallest absolute Gasteiger partial charge is 0.320 e. The molecule has 17 heavy (non-hydrogen) atoms. The molecule has 4 nitrogen and oxygen atoms in total. The number of piperidine rings is 1. The summed E-state index contributed by atoms with van der Waals surface area (Å²) < 4.78 is 5.32. The van der Waals surface area contributed by atoms with E-state index in [1.807, 2.05) is 12.1 Å². The summed E-state index contributed by atoms with van der Waals surface area (Å²) in [7, 11) is 0. The molecule has 1 aromatic rings. The molecule has 0 saturated carbocycles. The molecule has 1 aromatic heterocycles. The van der Waals surface area contributed by atoms with Gasteiger partial charge in [0, 0.05) is 12.5 Å². The fourth-order valence-electron chi connectivity index (χ4n) is 2.58. The van der Waals surface area contributed by atoms with E-state index >= 15 is 0 Å². The standard InChI is InChI=1S/C13H19NO3/c1-10(9-11-5-4-8-17-11)14-7-3-2-6-12(14)13(15)16/h4-5,8,10,12H,2-3,6-7,9H2,1H3,(H,15,16). The number of aliphatic carboxylic acids is 1. The zero-order chi connectivity index (χ0) is 12.3. The second-order valence-corrected chi connectivity index (χ2v) is 4.72. The van der Waals surface area contributed by atoms with E-state index in [0.717, 1.165) is 38.0 Å². The largest absolute Gasteiger partial charge is 0.480 e. The maximum Gasteiger partial charge on any atom is 0.320 e. The van der Waals surface area contributed by atoms with Crippen LogP contribution in [0.3, 0.4) is 0 Å². The normalized spacial score (nSPS) is 23.5. The van der Waals surface area contributed by atoms with Crippen molar-refractivity contribution in [1.82, 2.24) is 4.90 Å². The minimum absolute atomic E-state index is 0.211. The van der Waals surface area contributed by atoms with Crippen LogP contribution in [0, 0.1) is 0 Å². The number of hydrogen-bond donors (Lipinski definition) is 1. The van der Waals surface area contributed by atoms with E-state index in [1.165, 1.54) is 0 Å². The van der Waals surface area contributed by atoms with Gasteiger partial charge < -0.3 is 9.52 Å². The zero-order valence-corrected chi connectivity index (χ0v) is 10.1. The van der Waals surface area contributed by atoms with Gasteiger partial charge >= 0.3 is 5.97 Å². The summed E-state index contributed by atoms with van der Waals surface area (Å²) in [4.78, 5) is 13.3. The Morgan fingerprint density at radius 3 is 3.12 bits per heavy atom. The van der Waals surface area contributed by atoms with Crippen molar-refractivity contribution in [2.75, 3.05) is 6.54 Å². The van der Waals surface area contributed by atoms with Crippen molar-refractivity contribution in [3.63, 3.8) is 0 Å². The number of furan rings is 1. The first-order valence-corrected chi connectivity index (χ1v) is 6.19. The lowest BCUT2D eigenvalue weighted by atomic mass is 9.99. The summed E-state index contributed by atoms with van der Waals surface area (Å²) in [5.41, 5.74) is 0. The Labute approximate surface area is 101 Å². The zero-order valence-electron chi connectivity index (χ0n) is 10.1. The van der Waals surface area contributed by atoms with Crippen molar-refractivity contribution in [3.8, 4) is 0 Å². The second-order valence-electron chi connectivity index (χ2n) is 4.72. The molecule has 1 saturated heterocycles. The maximum absolute atomic E-state index is 11.2. The Balaban J connectivity index is 2.00. The number of rotatable bonds is 4. The van der Waals surface area contributed by atoms with Gasteiger partial charge in [0.1, 0.15) is 11.8 Å². The quantitative estimate of drug-likeness (QED) is 0.871. The maximum atomic E-state index is 11.2. The third-order valence-electron chi connectivity index (χ3n) is 3.47. The Morgan fingerprint density at radius 1 is 1.65 bits per heavy atom. The summed E-state index contributed by atoms with van der Waals surface area (Å²) in [6, 6.07) is 3.69. The molecule has 1 aliphatic rings. The van der Waals surface area contributed by atoms with E-state index < -0.39 is 5.97 Å². The van der Waals surface area contributed by atoms with Crippen LogP contribution in [0.2, 0.25) is 0 Å². The summed E-state index contributed by atoms with van der Waals surface area (Å²) in [6.07, 6.45) is 5.30. The predicted octanol–water partition coefficient (Wildman–Crippen LogP) is 2.15. The van der Waals surface area contributed by atoms with Crippen molar-refractivity contribution < 1.29 is 14.3 Å². The van der Waals surface area contributed by atoms with Gasteiger partial charge in [-0.3, -0.25) is 9.69 Å². The van der Waals surface area contributed by atoms with Gasteiger partial charge in [-0.1, -0.05) is 6.42 Å². The first-order chi connectivity index (χ1) is 8.18. The number of carboxylic acids is 1. The molecular formula is C13H19NO3. The van der Waals surface area contributed by atoms with Crippen LogP contribution in [0.25, 0.3) is 0 Å². The first kappa shape index (κ1) is 12.2. The van der Waals surface area contributed by atoms with Crippen LogP contribution < -0.4 is 0 Å². The molecule has 2 rings (SSSR count). The molecule has 0 aliphatic carbocycles. The number of carbonyl (C=O) groups is 1. The van der Waals surface area contributed by atoms with E-state index in [9.17, 15) is 9.90 Å². The van der Waals surface area contributed by atoms with Gasteiger partial charge in [-0.25, -0.2) is 0 Å². The third-order valence-corrected chi connectivity index (χ3v) is 3.47. The molecular weight excluding hydrogens is 218 g/mol. The molecule has 1 N–H and O–H groups in total. The fraction of sp³-hybridized carbons (Fsp3) is 0.615. The fourth-order valence-corrected chi connectivity index (χ4v) is 2.58. The Bertz CT molecular complexity index is 361. The van der Waals surface area contributed by atoms with Crippen LogP contribution >= 0.6 is 0 Å². The predicted molar refractivity (Wildman–Crippen MR) is 63.9 cm³/mol. The topological polar surface area (TPSA) is 53.7 Å². The highest BCUT2D eigenvalue weighted by atomic mass is 16.4. The van der Waals surface area contributed by atoms with Crippen molar-refractivity contribution >= 4 is 5.97 Å². The van der Waals surface area contributed by atoms with E-state index in [-0.39, 0.29) is 12.1 Å². The van der Waals surface area contributed by atoms with Crippen molar-refractivity contribution in [3.05, 3.63) is 24.2 Å². The molecule has 0 radical (unpaired) electrons. The van der Waals surface area contributed by atoms with Gasteiger partial charge in [-0.05, 0) is 38.4 Å². The number of nitrogens with zero attached hydrogens (tertiary/aromatic N) is 1. The molecule has 0 amide bonds. The summed E-state index contributed by atoms with van der Waals surface area (Å²) >= 11 is 0. The lowest BCUT2D eigenvalue weighted by molar-refractivity contribution is -0.145. The third kappa shape index (κ3) is 2.88. The SMILES string of the molecule is CC(Cc1ccco1)N1CCCCC1C(=O)O. The van der Waals surface area contributed by atoms with Crippen LogP contribution in [-0.2, 0) is 11.2 Å². The van der Waals surface area contributed by atoms with Crippen molar-refractivity contribution in [2.24, 2.45) is 0 Å². The Hall–Kier alpha value is -1.29. The van der Waals surface area contributed by atoms with Crippen molar-refractivity contribution in [1.29, 1.82) is 0 Å².